The number of ether oxygens (including phenoxy) is 3. The van der Waals surface area contributed by atoms with Gasteiger partial charge in [0.15, 0.2) is 0 Å². The fourth-order valence-corrected chi connectivity index (χ4v) is 4.44. The van der Waals surface area contributed by atoms with Crippen molar-refractivity contribution in [2.75, 3.05) is 19.0 Å². The summed E-state index contributed by atoms with van der Waals surface area (Å²) in [6, 6.07) is 13.7. The van der Waals surface area contributed by atoms with Crippen molar-refractivity contribution in [2.24, 2.45) is 0 Å². The molecule has 11 nitrogen and oxygen atoms in total. The third-order valence-corrected chi connectivity index (χ3v) is 6.33. The van der Waals surface area contributed by atoms with Crippen LogP contribution >= 0.6 is 0 Å². The summed E-state index contributed by atoms with van der Waals surface area (Å²) in [5.41, 5.74) is 3.00. The molecule has 3 N–H and O–H groups in total. The maximum Gasteiger partial charge on any atom is 0.407 e. The van der Waals surface area contributed by atoms with Gasteiger partial charge in [-0.25, -0.2) is 19.6 Å². The van der Waals surface area contributed by atoms with Crippen LogP contribution in [0.1, 0.15) is 43.6 Å². The maximum atomic E-state index is 12.8. The lowest BCUT2D eigenvalue weighted by molar-refractivity contribution is 0.0501. The first kappa shape index (κ1) is 29.9. The number of rotatable bonds is 10. The highest BCUT2D eigenvalue weighted by atomic mass is 16.6. The monoisotopic (exact) mass is 570 g/mol. The molecule has 218 valence electrons. The Hall–Kier alpha value is -5.11. The Labute approximate surface area is 244 Å². The zero-order chi connectivity index (χ0) is 30.3. The number of hydrogen-bond acceptors (Lipinski definition) is 9. The molecule has 0 aliphatic rings. The Bertz CT molecular complexity index is 1590. The number of benzene rings is 2. The van der Waals surface area contributed by atoms with E-state index in [1.807, 2.05) is 37.4 Å². The molecule has 0 bridgehead atoms. The number of fused-ring (bicyclic) bond motifs is 1. The van der Waals surface area contributed by atoms with E-state index in [-0.39, 0.29) is 11.6 Å². The van der Waals surface area contributed by atoms with Crippen LogP contribution in [0.2, 0.25) is 0 Å². The van der Waals surface area contributed by atoms with Gasteiger partial charge in [0.2, 0.25) is 0 Å². The van der Waals surface area contributed by atoms with Crippen LogP contribution in [0.4, 0.5) is 10.5 Å². The lowest BCUT2D eigenvalue weighted by atomic mass is 9.98. The highest BCUT2D eigenvalue weighted by molar-refractivity contribution is 5.97. The van der Waals surface area contributed by atoms with Gasteiger partial charge in [0, 0.05) is 40.7 Å². The minimum atomic E-state index is -0.950. The second kappa shape index (κ2) is 13.0. The van der Waals surface area contributed by atoms with Gasteiger partial charge >= 0.3 is 18.1 Å². The zero-order valence-electron chi connectivity index (χ0n) is 24.2. The van der Waals surface area contributed by atoms with Crippen LogP contribution in [0, 0.1) is 11.3 Å². The van der Waals surface area contributed by atoms with Crippen LogP contribution in [-0.4, -0.2) is 58.4 Å². The van der Waals surface area contributed by atoms with Gasteiger partial charge in [-0.15, -0.1) is 0 Å². The van der Waals surface area contributed by atoms with Crippen molar-refractivity contribution in [3.05, 3.63) is 72.2 Å². The lowest BCUT2D eigenvalue weighted by Crippen LogP contribution is -2.49. The number of nitriles is 1. The number of alkyl carbamates (subject to hydrolysis) is 1. The van der Waals surface area contributed by atoms with Crippen LogP contribution in [0.3, 0.4) is 0 Å². The van der Waals surface area contributed by atoms with Gasteiger partial charge in [0.05, 0.1) is 31.4 Å². The highest BCUT2D eigenvalue weighted by Gasteiger charge is 2.28. The molecule has 0 radical (unpaired) electrons. The Kier molecular flexibility index (Phi) is 9.27. The Morgan fingerprint density at radius 2 is 1.83 bits per heavy atom. The number of anilines is 1. The van der Waals surface area contributed by atoms with Crippen LogP contribution in [0.5, 0.6) is 6.01 Å². The molecule has 1 unspecified atom stereocenters. The van der Waals surface area contributed by atoms with E-state index >= 15 is 0 Å². The number of nitrogens with zero attached hydrogens (tertiary/aromatic N) is 3. The smallest absolute Gasteiger partial charge is 0.407 e. The van der Waals surface area contributed by atoms with Crippen LogP contribution < -0.4 is 15.4 Å². The van der Waals surface area contributed by atoms with E-state index in [2.05, 4.69) is 31.7 Å². The zero-order valence-corrected chi connectivity index (χ0v) is 24.2. The van der Waals surface area contributed by atoms with E-state index in [1.54, 1.807) is 51.4 Å². The summed E-state index contributed by atoms with van der Waals surface area (Å²) in [5, 5.41) is 17.3. The summed E-state index contributed by atoms with van der Waals surface area (Å²) >= 11 is 0. The second-order valence-corrected chi connectivity index (χ2v) is 10.5. The van der Waals surface area contributed by atoms with E-state index in [4.69, 9.17) is 14.2 Å². The van der Waals surface area contributed by atoms with Crippen LogP contribution in [-0.2, 0) is 15.9 Å². The summed E-state index contributed by atoms with van der Waals surface area (Å²) in [4.78, 5) is 37.3. The molecule has 42 heavy (non-hydrogen) atoms. The highest BCUT2D eigenvalue weighted by Crippen LogP contribution is 2.28. The number of aromatic nitrogens is 3. The molecule has 2 heterocycles. The predicted octanol–water partition coefficient (Wildman–Crippen LogP) is 5.25. The Morgan fingerprint density at radius 3 is 2.50 bits per heavy atom. The van der Waals surface area contributed by atoms with Crippen LogP contribution in [0.15, 0.2) is 61.1 Å². The van der Waals surface area contributed by atoms with E-state index in [0.717, 1.165) is 16.5 Å². The van der Waals surface area contributed by atoms with Gasteiger partial charge in [0.25, 0.3) is 0 Å². The van der Waals surface area contributed by atoms with Gasteiger partial charge in [-0.2, -0.15) is 5.26 Å². The molecule has 0 aliphatic carbocycles. The molecule has 0 aliphatic heterocycles. The van der Waals surface area contributed by atoms with Crippen molar-refractivity contribution < 1.29 is 23.8 Å². The SMILES string of the molecule is CCOc1ncc(-c2ccc(NC(C#N)[C@H](Cc3c[nH]c4ccccc34)NC(=O)OC(C)(C)C)c(C(=O)OC)c2)cn1. The van der Waals surface area contributed by atoms with Gasteiger partial charge in [-0.05, 0) is 63.4 Å². The minimum absolute atomic E-state index is 0.201. The first-order valence-electron chi connectivity index (χ1n) is 13.5. The molecular weight excluding hydrogens is 536 g/mol. The first-order valence-corrected chi connectivity index (χ1v) is 13.5. The van der Waals surface area contributed by atoms with Crippen molar-refractivity contribution in [1.29, 1.82) is 5.26 Å². The summed E-state index contributed by atoms with van der Waals surface area (Å²) in [6.07, 6.45) is 4.71. The minimum Gasteiger partial charge on any atom is -0.465 e. The standard InChI is InChI=1S/C31H34N6O5/c1-6-41-29-34-17-21(18-35-29)19-11-12-25(23(13-19)28(38)40-5)36-27(15-32)26(37-30(39)42-31(2,3)4)14-20-16-33-24-10-8-7-9-22(20)24/h7-13,16-18,26-27,33,36H,6,14H2,1-5H3,(H,37,39)/t26-,27?/m0/s1. The molecule has 2 aromatic carbocycles. The van der Waals surface area contributed by atoms with E-state index in [9.17, 15) is 14.9 Å². The van der Waals surface area contributed by atoms with Gasteiger partial charge in [-0.1, -0.05) is 24.3 Å². The summed E-state index contributed by atoms with van der Waals surface area (Å²) in [7, 11) is 1.28. The molecular formula is C31H34N6O5. The molecule has 2 atom stereocenters. The molecule has 2 aromatic heterocycles. The number of amides is 1. The van der Waals surface area contributed by atoms with Crippen molar-refractivity contribution in [2.45, 2.75) is 51.8 Å². The number of esters is 1. The molecule has 0 saturated carbocycles. The van der Waals surface area contributed by atoms with Gasteiger partial charge in [0.1, 0.15) is 11.6 Å². The number of para-hydroxylation sites is 1. The molecule has 0 spiro atoms. The first-order chi connectivity index (χ1) is 20.1. The van der Waals surface area contributed by atoms with Crippen molar-refractivity contribution in [1.82, 2.24) is 20.3 Å². The van der Waals surface area contributed by atoms with Crippen LogP contribution in [0.25, 0.3) is 22.0 Å². The normalized spacial score (nSPS) is 12.6. The summed E-state index contributed by atoms with van der Waals surface area (Å²) in [6.45, 7) is 7.58. The largest absolute Gasteiger partial charge is 0.465 e. The number of hydrogen-bond donors (Lipinski definition) is 3. The van der Waals surface area contributed by atoms with E-state index in [1.165, 1.54) is 7.11 Å². The topological polar surface area (TPSA) is 151 Å². The lowest BCUT2D eigenvalue weighted by Gasteiger charge is -2.27. The second-order valence-electron chi connectivity index (χ2n) is 10.5. The van der Waals surface area contributed by atoms with E-state index in [0.29, 0.717) is 29.8 Å². The average Bonchev–Trinajstić information content (AvgIpc) is 3.37. The number of methoxy groups -OCH3 is 1. The molecule has 4 rings (SSSR count). The van der Waals surface area contributed by atoms with Gasteiger partial charge < -0.3 is 29.8 Å². The van der Waals surface area contributed by atoms with Crippen molar-refractivity contribution in [3.8, 4) is 23.2 Å². The molecule has 1 amide bonds. The third kappa shape index (κ3) is 7.34. The number of aromatic amines is 1. The number of carbonyl (C=O) groups excluding carboxylic acids is 2. The number of nitrogens with one attached hydrogen (secondary N) is 3. The quantitative estimate of drug-likeness (QED) is 0.217. The molecule has 4 aromatic rings. The summed E-state index contributed by atoms with van der Waals surface area (Å²) < 4.78 is 15.8. The number of carbonyl (C=O) groups is 2. The van der Waals surface area contributed by atoms with Gasteiger partial charge in [-0.3, -0.25) is 0 Å². The third-order valence-electron chi connectivity index (χ3n) is 6.33. The predicted molar refractivity (Wildman–Crippen MR) is 158 cm³/mol. The van der Waals surface area contributed by atoms with Crippen molar-refractivity contribution >= 4 is 28.7 Å². The Balaban J connectivity index is 1.66. The fourth-order valence-electron chi connectivity index (χ4n) is 4.44. The van der Waals surface area contributed by atoms with Crippen molar-refractivity contribution in [3.63, 3.8) is 0 Å². The fraction of sp³-hybridized carbons (Fsp3) is 0.323. The summed E-state index contributed by atoms with van der Waals surface area (Å²) in [5.74, 6) is -0.601. The number of H-pyrrole nitrogens is 1. The molecule has 0 saturated heterocycles. The molecule has 11 heteroatoms. The molecule has 0 fully saturated rings. The van der Waals surface area contributed by atoms with E-state index < -0.39 is 29.7 Å². The average molecular weight is 571 g/mol. The Morgan fingerprint density at radius 1 is 1.10 bits per heavy atom. The maximum absolute atomic E-state index is 12.8.